The van der Waals surface area contributed by atoms with Crippen molar-refractivity contribution in [3.8, 4) is 0 Å². The Morgan fingerprint density at radius 2 is 1.33 bits per heavy atom. The fourth-order valence-electron chi connectivity index (χ4n) is 3.93. The molecule has 0 radical (unpaired) electrons. The zero-order chi connectivity index (χ0) is 23.6. The maximum Gasteiger partial charge on any atom is 0.491 e. The molecule has 33 heavy (non-hydrogen) atoms. The molecule has 0 saturated carbocycles. The lowest BCUT2D eigenvalue weighted by Gasteiger charge is -2.31. The molecular formula is C24H19F5N2O2. The van der Waals surface area contributed by atoms with Crippen LogP contribution in [0.5, 0.6) is 0 Å². The zero-order valence-corrected chi connectivity index (χ0v) is 17.1. The summed E-state index contributed by atoms with van der Waals surface area (Å²) in [5, 5.41) is 5.97. The van der Waals surface area contributed by atoms with Crippen LogP contribution < -0.4 is 10.6 Å². The fraction of sp³-hybridized carbons (Fsp3) is 0.208. The van der Waals surface area contributed by atoms with Gasteiger partial charge in [-0.2, -0.15) is 13.2 Å². The number of nitrogens with one attached hydrogen (secondary N) is 2. The van der Waals surface area contributed by atoms with Gasteiger partial charge >= 0.3 is 12.1 Å². The Kier molecular flexibility index (Phi) is 6.18. The Morgan fingerprint density at radius 3 is 1.79 bits per heavy atom. The largest absolute Gasteiger partial charge is 0.491 e. The first kappa shape index (κ1) is 22.9. The molecule has 172 valence electrons. The van der Waals surface area contributed by atoms with Crippen LogP contribution in [0.1, 0.15) is 28.8 Å². The minimum absolute atomic E-state index is 0.129. The maximum atomic E-state index is 13.8. The topological polar surface area (TPSA) is 50.4 Å². The molecule has 2 atom stereocenters. The Labute approximate surface area is 186 Å². The third-order valence-electron chi connectivity index (χ3n) is 5.36. The molecule has 0 spiro atoms. The third kappa shape index (κ3) is 5.04. The third-order valence-corrected chi connectivity index (χ3v) is 5.36. The number of esters is 1. The standard InChI is InChI=1S/C24H19F5N2O2/c25-18-12-11-15(13-19(18)26)14-23(33-22(32)24(27,28)29)30-20(16-7-3-1-4-8-16)21(31-23)17-9-5-2-6-10-17/h1-13,20-21,30-31H,14H2. The smallest absolute Gasteiger partial charge is 0.423 e. The molecule has 0 aliphatic carbocycles. The monoisotopic (exact) mass is 462 g/mol. The van der Waals surface area contributed by atoms with Gasteiger partial charge in [-0.15, -0.1) is 0 Å². The Balaban J connectivity index is 1.77. The van der Waals surface area contributed by atoms with E-state index in [0.29, 0.717) is 0 Å². The summed E-state index contributed by atoms with van der Waals surface area (Å²) in [6.45, 7) is 0. The van der Waals surface area contributed by atoms with Crippen LogP contribution in [0, 0.1) is 11.6 Å². The molecule has 2 N–H and O–H groups in total. The second kappa shape index (κ2) is 8.92. The highest BCUT2D eigenvalue weighted by atomic mass is 19.4. The van der Waals surface area contributed by atoms with Crippen molar-refractivity contribution in [1.82, 2.24) is 10.6 Å². The van der Waals surface area contributed by atoms with Gasteiger partial charge in [0, 0.05) is 6.42 Å². The van der Waals surface area contributed by atoms with Gasteiger partial charge in [-0.05, 0) is 28.8 Å². The second-order valence-electron chi connectivity index (χ2n) is 7.70. The van der Waals surface area contributed by atoms with E-state index >= 15 is 0 Å². The van der Waals surface area contributed by atoms with Crippen molar-refractivity contribution in [2.75, 3.05) is 0 Å². The highest BCUT2D eigenvalue weighted by Gasteiger charge is 2.52. The molecule has 9 heteroatoms. The van der Waals surface area contributed by atoms with E-state index in [0.717, 1.165) is 23.3 Å². The molecule has 2 unspecified atom stereocenters. The number of carbonyl (C=O) groups is 1. The van der Waals surface area contributed by atoms with Crippen LogP contribution in [-0.4, -0.2) is 18.0 Å². The number of ether oxygens (including phenoxy) is 1. The van der Waals surface area contributed by atoms with Crippen molar-refractivity contribution in [3.05, 3.63) is 107 Å². The summed E-state index contributed by atoms with van der Waals surface area (Å²) in [6.07, 6.45) is -5.64. The predicted octanol–water partition coefficient (Wildman–Crippen LogP) is 4.94. The highest BCUT2D eigenvalue weighted by molar-refractivity contribution is 5.76. The first-order chi connectivity index (χ1) is 15.7. The number of alkyl halides is 3. The zero-order valence-electron chi connectivity index (χ0n) is 17.1. The van der Waals surface area contributed by atoms with E-state index in [4.69, 9.17) is 4.74 Å². The number of hydrogen-bond donors (Lipinski definition) is 2. The molecule has 3 aromatic carbocycles. The number of halogens is 5. The maximum absolute atomic E-state index is 13.8. The summed E-state index contributed by atoms with van der Waals surface area (Å²) in [4.78, 5) is 11.9. The molecule has 1 fully saturated rings. The van der Waals surface area contributed by atoms with Crippen molar-refractivity contribution in [2.45, 2.75) is 30.5 Å². The lowest BCUT2D eigenvalue weighted by molar-refractivity contribution is -0.218. The molecule has 1 aliphatic heterocycles. The second-order valence-corrected chi connectivity index (χ2v) is 7.70. The minimum Gasteiger partial charge on any atom is -0.423 e. The van der Waals surface area contributed by atoms with Gasteiger partial charge in [0.1, 0.15) is 0 Å². The normalized spacial score (nSPS) is 22.8. The number of hydrogen-bond acceptors (Lipinski definition) is 4. The molecule has 4 nitrogen and oxygen atoms in total. The number of benzene rings is 3. The summed E-state index contributed by atoms with van der Waals surface area (Å²) in [7, 11) is 0. The summed E-state index contributed by atoms with van der Waals surface area (Å²) in [5.41, 5.74) is 1.59. The number of rotatable bonds is 5. The van der Waals surface area contributed by atoms with Crippen LogP contribution in [0.25, 0.3) is 0 Å². The SMILES string of the molecule is O=C(OC1(Cc2ccc(F)c(F)c2)NC(c2ccccc2)C(c2ccccc2)N1)C(F)(F)F. The van der Waals surface area contributed by atoms with E-state index in [9.17, 15) is 26.7 Å². The Morgan fingerprint density at radius 1 is 0.818 bits per heavy atom. The molecule has 1 heterocycles. The van der Waals surface area contributed by atoms with Crippen molar-refractivity contribution in [3.63, 3.8) is 0 Å². The molecular weight excluding hydrogens is 443 g/mol. The van der Waals surface area contributed by atoms with E-state index < -0.39 is 48.1 Å². The lowest BCUT2D eigenvalue weighted by atomic mass is 9.95. The van der Waals surface area contributed by atoms with Crippen LogP contribution in [0.4, 0.5) is 22.0 Å². The van der Waals surface area contributed by atoms with Gasteiger partial charge in [-0.25, -0.2) is 13.6 Å². The van der Waals surface area contributed by atoms with Crippen LogP contribution in [0.15, 0.2) is 78.9 Å². The molecule has 0 aromatic heterocycles. The molecule has 0 amide bonds. The summed E-state index contributed by atoms with van der Waals surface area (Å²) < 4.78 is 71.5. The van der Waals surface area contributed by atoms with Gasteiger partial charge in [0.05, 0.1) is 12.1 Å². The van der Waals surface area contributed by atoms with Crippen LogP contribution in [0.3, 0.4) is 0 Å². The van der Waals surface area contributed by atoms with Crippen LogP contribution in [0.2, 0.25) is 0 Å². The molecule has 0 bridgehead atoms. The predicted molar refractivity (Wildman–Crippen MR) is 110 cm³/mol. The van der Waals surface area contributed by atoms with E-state index in [1.54, 1.807) is 60.7 Å². The van der Waals surface area contributed by atoms with Crippen molar-refractivity contribution in [1.29, 1.82) is 0 Å². The van der Waals surface area contributed by atoms with E-state index in [1.807, 2.05) is 0 Å². The Hall–Kier alpha value is -3.30. The van der Waals surface area contributed by atoms with Crippen molar-refractivity contribution >= 4 is 5.97 Å². The first-order valence-electron chi connectivity index (χ1n) is 10.1. The molecule has 1 saturated heterocycles. The first-order valence-corrected chi connectivity index (χ1v) is 10.1. The summed E-state index contributed by atoms with van der Waals surface area (Å²) in [5.74, 6) is -6.72. The van der Waals surface area contributed by atoms with E-state index in [1.165, 1.54) is 6.07 Å². The van der Waals surface area contributed by atoms with E-state index in [2.05, 4.69) is 10.6 Å². The van der Waals surface area contributed by atoms with Gasteiger partial charge in [-0.1, -0.05) is 66.7 Å². The summed E-state index contributed by atoms with van der Waals surface area (Å²) >= 11 is 0. The van der Waals surface area contributed by atoms with Gasteiger partial charge in [0.2, 0.25) is 5.85 Å². The molecule has 4 rings (SSSR count). The lowest BCUT2D eigenvalue weighted by Crippen LogP contribution is -2.56. The van der Waals surface area contributed by atoms with Crippen LogP contribution in [-0.2, 0) is 16.0 Å². The van der Waals surface area contributed by atoms with Crippen molar-refractivity contribution < 1.29 is 31.5 Å². The van der Waals surface area contributed by atoms with Crippen molar-refractivity contribution in [2.24, 2.45) is 0 Å². The Bertz CT molecular complexity index is 1080. The van der Waals surface area contributed by atoms with Gasteiger partial charge < -0.3 is 4.74 Å². The van der Waals surface area contributed by atoms with E-state index in [-0.39, 0.29) is 5.56 Å². The molecule has 3 aromatic rings. The van der Waals surface area contributed by atoms with Gasteiger partial charge in [0.15, 0.2) is 11.6 Å². The average molecular weight is 462 g/mol. The van der Waals surface area contributed by atoms with Gasteiger partial charge in [-0.3, -0.25) is 10.6 Å². The quantitative estimate of drug-likeness (QED) is 0.417. The minimum atomic E-state index is -5.25. The average Bonchev–Trinajstić information content (AvgIpc) is 3.16. The number of carbonyl (C=O) groups excluding carboxylic acids is 1. The van der Waals surface area contributed by atoms with Crippen LogP contribution >= 0.6 is 0 Å². The highest BCUT2D eigenvalue weighted by Crippen LogP contribution is 2.39. The summed E-state index contributed by atoms with van der Waals surface area (Å²) in [6, 6.07) is 19.6. The fourth-order valence-corrected chi connectivity index (χ4v) is 3.93. The van der Waals surface area contributed by atoms with Gasteiger partial charge in [0.25, 0.3) is 0 Å². The molecule has 1 aliphatic rings.